The molecule has 0 bridgehead atoms. The van der Waals surface area contributed by atoms with E-state index in [0.29, 0.717) is 18.9 Å². The van der Waals surface area contributed by atoms with Crippen molar-refractivity contribution < 1.29 is 14.1 Å². The number of nitrogens with one attached hydrogen (secondary N) is 1. The van der Waals surface area contributed by atoms with Crippen LogP contribution in [0.2, 0.25) is 0 Å². The number of hydrogen-bond acceptors (Lipinski definition) is 4. The lowest BCUT2D eigenvalue weighted by Crippen LogP contribution is -2.18. The highest BCUT2D eigenvalue weighted by atomic mass is 19.1. The molecule has 5 nitrogen and oxygen atoms in total. The van der Waals surface area contributed by atoms with Gasteiger partial charge in [0.1, 0.15) is 5.82 Å². The van der Waals surface area contributed by atoms with Gasteiger partial charge in [-0.15, -0.1) is 0 Å². The molecule has 0 amide bonds. The Morgan fingerprint density at radius 2 is 2.31 bits per heavy atom. The van der Waals surface area contributed by atoms with Crippen LogP contribution in [-0.2, 0) is 4.74 Å². The number of halogens is 1. The van der Waals surface area contributed by atoms with Gasteiger partial charge in [0.2, 0.25) is 0 Å². The summed E-state index contributed by atoms with van der Waals surface area (Å²) in [6, 6.07) is 3.56. The van der Waals surface area contributed by atoms with Crippen molar-refractivity contribution in [3.05, 3.63) is 34.1 Å². The predicted molar refractivity (Wildman–Crippen MR) is 55.9 cm³/mol. The van der Waals surface area contributed by atoms with Crippen molar-refractivity contribution in [3.63, 3.8) is 0 Å². The van der Waals surface area contributed by atoms with Crippen molar-refractivity contribution in [3.8, 4) is 0 Å². The van der Waals surface area contributed by atoms with Crippen molar-refractivity contribution in [2.75, 3.05) is 18.5 Å². The van der Waals surface area contributed by atoms with Crippen molar-refractivity contribution in [2.45, 2.75) is 12.5 Å². The third-order valence-corrected chi connectivity index (χ3v) is 2.39. The zero-order chi connectivity index (χ0) is 11.5. The third kappa shape index (κ3) is 2.46. The summed E-state index contributed by atoms with van der Waals surface area (Å²) in [4.78, 5) is 9.92. The Labute approximate surface area is 91.4 Å². The molecule has 1 aliphatic rings. The fraction of sp³-hybridized carbons (Fsp3) is 0.400. The molecule has 1 heterocycles. The molecule has 1 saturated heterocycles. The lowest BCUT2D eigenvalue weighted by Gasteiger charge is -2.11. The minimum atomic E-state index is -0.615. The molecule has 1 aromatic carbocycles. The molecule has 2 rings (SSSR count). The summed E-state index contributed by atoms with van der Waals surface area (Å²) in [7, 11) is 0. The van der Waals surface area contributed by atoms with Crippen LogP contribution < -0.4 is 5.32 Å². The minimum Gasteiger partial charge on any atom is -0.380 e. The van der Waals surface area contributed by atoms with Crippen molar-refractivity contribution >= 4 is 11.4 Å². The van der Waals surface area contributed by atoms with E-state index in [4.69, 9.17) is 4.74 Å². The van der Waals surface area contributed by atoms with E-state index in [1.54, 1.807) is 0 Å². The summed E-state index contributed by atoms with van der Waals surface area (Å²) in [6.45, 7) is 1.21. The number of rotatable bonds is 3. The van der Waals surface area contributed by atoms with Crippen LogP contribution in [0.1, 0.15) is 6.42 Å². The van der Waals surface area contributed by atoms with Gasteiger partial charge in [-0.05, 0) is 12.5 Å². The summed E-state index contributed by atoms with van der Waals surface area (Å²) in [5.41, 5.74) is 0.170. The number of nitrogens with zero attached hydrogens (tertiary/aromatic N) is 1. The van der Waals surface area contributed by atoms with Crippen LogP contribution in [0.15, 0.2) is 18.2 Å². The second-order valence-corrected chi connectivity index (χ2v) is 3.66. The molecule has 0 aromatic heterocycles. The normalized spacial score (nSPS) is 19.7. The number of nitro benzene ring substituents is 1. The van der Waals surface area contributed by atoms with Crippen LogP contribution in [0.3, 0.4) is 0 Å². The molecule has 1 aliphatic heterocycles. The predicted octanol–water partition coefficient (Wildman–Crippen LogP) is 1.93. The molecule has 1 fully saturated rings. The van der Waals surface area contributed by atoms with Crippen LogP contribution in [0.5, 0.6) is 0 Å². The van der Waals surface area contributed by atoms with E-state index in [-0.39, 0.29) is 11.7 Å². The Morgan fingerprint density at radius 3 is 2.94 bits per heavy atom. The summed E-state index contributed by atoms with van der Waals surface area (Å²) >= 11 is 0. The molecule has 0 radical (unpaired) electrons. The number of hydrogen-bond donors (Lipinski definition) is 1. The van der Waals surface area contributed by atoms with Gasteiger partial charge in [0, 0.05) is 18.4 Å². The van der Waals surface area contributed by atoms with Crippen LogP contribution in [-0.4, -0.2) is 24.2 Å². The van der Waals surface area contributed by atoms with Crippen molar-refractivity contribution in [1.82, 2.24) is 0 Å². The maximum atomic E-state index is 13.1. The SMILES string of the molecule is O=[N+]([O-])c1cc(F)cc(NC2CCOC2)c1. The van der Waals surface area contributed by atoms with Gasteiger partial charge in [-0.1, -0.05) is 0 Å². The molecule has 0 spiro atoms. The molecular formula is C10H11FN2O3. The van der Waals surface area contributed by atoms with Gasteiger partial charge in [-0.2, -0.15) is 0 Å². The zero-order valence-corrected chi connectivity index (χ0v) is 8.48. The van der Waals surface area contributed by atoms with Gasteiger partial charge in [0.25, 0.3) is 5.69 Å². The molecule has 86 valence electrons. The van der Waals surface area contributed by atoms with Gasteiger partial charge >= 0.3 is 0 Å². The quantitative estimate of drug-likeness (QED) is 0.631. The van der Waals surface area contributed by atoms with Crippen LogP contribution in [0.25, 0.3) is 0 Å². The van der Waals surface area contributed by atoms with Crippen LogP contribution >= 0.6 is 0 Å². The second-order valence-electron chi connectivity index (χ2n) is 3.66. The van der Waals surface area contributed by atoms with Gasteiger partial charge < -0.3 is 10.1 Å². The average molecular weight is 226 g/mol. The maximum Gasteiger partial charge on any atom is 0.274 e. The molecule has 1 unspecified atom stereocenters. The van der Waals surface area contributed by atoms with Gasteiger partial charge in [0.05, 0.1) is 23.6 Å². The molecule has 1 N–H and O–H groups in total. The smallest absolute Gasteiger partial charge is 0.274 e. The highest BCUT2D eigenvalue weighted by Gasteiger charge is 2.17. The maximum absolute atomic E-state index is 13.1. The van der Waals surface area contributed by atoms with Crippen molar-refractivity contribution in [2.24, 2.45) is 0 Å². The van der Waals surface area contributed by atoms with E-state index in [9.17, 15) is 14.5 Å². The average Bonchev–Trinajstić information content (AvgIpc) is 2.69. The summed E-state index contributed by atoms with van der Waals surface area (Å²) in [6.07, 6.45) is 0.824. The minimum absolute atomic E-state index is 0.0985. The Morgan fingerprint density at radius 1 is 1.50 bits per heavy atom. The van der Waals surface area contributed by atoms with Crippen LogP contribution in [0, 0.1) is 15.9 Å². The van der Waals surface area contributed by atoms with E-state index in [2.05, 4.69) is 5.32 Å². The number of benzene rings is 1. The largest absolute Gasteiger partial charge is 0.380 e. The molecule has 1 atom stereocenters. The van der Waals surface area contributed by atoms with Gasteiger partial charge in [-0.25, -0.2) is 4.39 Å². The first-order valence-corrected chi connectivity index (χ1v) is 4.94. The Hall–Kier alpha value is -1.69. The summed E-state index contributed by atoms with van der Waals surface area (Å²) < 4.78 is 18.2. The Kier molecular flexibility index (Phi) is 3.00. The lowest BCUT2D eigenvalue weighted by atomic mass is 10.2. The second kappa shape index (κ2) is 4.44. The third-order valence-electron chi connectivity index (χ3n) is 2.39. The molecule has 0 saturated carbocycles. The molecule has 6 heteroatoms. The van der Waals surface area contributed by atoms with E-state index in [0.717, 1.165) is 12.5 Å². The van der Waals surface area contributed by atoms with Crippen molar-refractivity contribution in [1.29, 1.82) is 0 Å². The monoisotopic (exact) mass is 226 g/mol. The number of non-ortho nitro benzene ring substituents is 1. The molecular weight excluding hydrogens is 215 g/mol. The standard InChI is InChI=1S/C10H11FN2O3/c11-7-3-9(5-10(4-7)13(14)15)12-8-1-2-16-6-8/h3-5,8,12H,1-2,6H2. The fourth-order valence-corrected chi connectivity index (χ4v) is 1.65. The molecule has 0 aliphatic carbocycles. The first kappa shape index (κ1) is 10.8. The first-order chi connectivity index (χ1) is 7.65. The van der Waals surface area contributed by atoms with Gasteiger partial charge in [0.15, 0.2) is 0 Å². The topological polar surface area (TPSA) is 64.4 Å². The zero-order valence-electron chi connectivity index (χ0n) is 8.48. The lowest BCUT2D eigenvalue weighted by molar-refractivity contribution is -0.385. The first-order valence-electron chi connectivity index (χ1n) is 4.94. The van der Waals surface area contributed by atoms with E-state index in [1.165, 1.54) is 12.1 Å². The number of ether oxygens (including phenoxy) is 1. The van der Waals surface area contributed by atoms with E-state index < -0.39 is 10.7 Å². The van der Waals surface area contributed by atoms with Gasteiger partial charge in [-0.3, -0.25) is 10.1 Å². The Bertz CT molecular complexity index is 405. The highest BCUT2D eigenvalue weighted by molar-refractivity contribution is 5.52. The molecule has 16 heavy (non-hydrogen) atoms. The number of anilines is 1. The summed E-state index contributed by atoms with van der Waals surface area (Å²) in [5, 5.41) is 13.5. The highest BCUT2D eigenvalue weighted by Crippen LogP contribution is 2.21. The molecule has 1 aromatic rings. The fourth-order valence-electron chi connectivity index (χ4n) is 1.65. The summed E-state index contributed by atoms with van der Waals surface area (Å²) in [5.74, 6) is -0.615. The van der Waals surface area contributed by atoms with E-state index in [1.807, 2.05) is 0 Å². The van der Waals surface area contributed by atoms with Crippen LogP contribution in [0.4, 0.5) is 15.8 Å². The van der Waals surface area contributed by atoms with E-state index >= 15 is 0 Å². The number of nitro groups is 1. The Balaban J connectivity index is 2.16.